The highest BCUT2D eigenvalue weighted by atomic mass is 79.9. The lowest BCUT2D eigenvalue weighted by Gasteiger charge is -2.30. The van der Waals surface area contributed by atoms with Crippen molar-refractivity contribution in [3.8, 4) is 11.5 Å². The highest BCUT2D eigenvalue weighted by molar-refractivity contribution is 9.10. The van der Waals surface area contributed by atoms with Crippen molar-refractivity contribution < 1.29 is 14.6 Å². The van der Waals surface area contributed by atoms with Crippen LogP contribution in [0.15, 0.2) is 82.8 Å². The van der Waals surface area contributed by atoms with Gasteiger partial charge < -0.3 is 15.2 Å². The average Bonchev–Trinajstić information content (AvgIpc) is 3.12. The van der Waals surface area contributed by atoms with Crippen molar-refractivity contribution in [2.45, 2.75) is 12.8 Å². The molecule has 6 rings (SSSR count). The van der Waals surface area contributed by atoms with Crippen LogP contribution in [0.1, 0.15) is 39.9 Å². The third kappa shape index (κ3) is 2.92. The van der Waals surface area contributed by atoms with E-state index >= 15 is 0 Å². The van der Waals surface area contributed by atoms with Crippen LogP contribution in [0.5, 0.6) is 11.5 Å². The Bertz CT molecular complexity index is 1500. The second kappa shape index (κ2) is 7.49. The molecule has 33 heavy (non-hydrogen) atoms. The van der Waals surface area contributed by atoms with Crippen LogP contribution in [0.25, 0.3) is 16.5 Å². The van der Waals surface area contributed by atoms with Gasteiger partial charge in [-0.25, -0.2) is 0 Å². The molecule has 0 fully saturated rings. The molecule has 1 aliphatic heterocycles. The van der Waals surface area contributed by atoms with E-state index in [2.05, 4.69) is 45.5 Å². The molecular weight excluding hydrogens is 478 g/mol. The van der Waals surface area contributed by atoms with Crippen molar-refractivity contribution in [1.82, 2.24) is 0 Å². The minimum absolute atomic E-state index is 0.0267. The summed E-state index contributed by atoms with van der Waals surface area (Å²) in [5, 5.41) is 16.3. The monoisotopic (exact) mass is 497 g/mol. The number of phenolic OH excluding ortho intramolecular Hbond substituents is 1. The fraction of sp³-hybridized carbons (Fsp3) is 0.107. The second-order valence-corrected chi connectivity index (χ2v) is 9.11. The highest BCUT2D eigenvalue weighted by Crippen LogP contribution is 2.52. The molecule has 0 aromatic heterocycles. The Morgan fingerprint density at radius 3 is 2.58 bits per heavy atom. The van der Waals surface area contributed by atoms with E-state index in [0.717, 1.165) is 44.4 Å². The number of Topliss-reactive ketones (excluding diaryl/α,β-unsaturated/α-hetero) is 1. The summed E-state index contributed by atoms with van der Waals surface area (Å²) in [6, 6.07) is 23.9. The smallest absolute Gasteiger partial charge is 0.192 e. The van der Waals surface area contributed by atoms with Crippen molar-refractivity contribution in [1.29, 1.82) is 0 Å². The van der Waals surface area contributed by atoms with Crippen LogP contribution in [-0.4, -0.2) is 17.5 Å². The molecule has 5 heteroatoms. The molecule has 4 aromatic rings. The van der Waals surface area contributed by atoms with Crippen molar-refractivity contribution in [3.63, 3.8) is 0 Å². The number of nitrogens with one attached hydrogen (secondary N) is 1. The maximum absolute atomic E-state index is 13.7. The van der Waals surface area contributed by atoms with Crippen LogP contribution in [0.2, 0.25) is 0 Å². The van der Waals surface area contributed by atoms with Gasteiger partial charge >= 0.3 is 0 Å². The van der Waals surface area contributed by atoms with Gasteiger partial charge in [-0.1, -0.05) is 54.6 Å². The number of ether oxygens (including phenoxy) is 1. The van der Waals surface area contributed by atoms with Gasteiger partial charge in [0, 0.05) is 28.3 Å². The first-order chi connectivity index (χ1) is 16.1. The van der Waals surface area contributed by atoms with Crippen molar-refractivity contribution in [2.24, 2.45) is 0 Å². The van der Waals surface area contributed by atoms with Crippen LogP contribution in [-0.2, 0) is 0 Å². The molecular formula is C28H20BrNO3. The van der Waals surface area contributed by atoms with E-state index in [9.17, 15) is 9.90 Å². The summed E-state index contributed by atoms with van der Waals surface area (Å²) in [7, 11) is 0. The third-order valence-corrected chi connectivity index (χ3v) is 7.05. The largest absolute Gasteiger partial charge is 0.503 e. The lowest BCUT2D eigenvalue weighted by molar-refractivity contribution is 0.103. The summed E-state index contributed by atoms with van der Waals surface area (Å²) in [6.45, 7) is 2.30. The molecule has 0 spiro atoms. The normalized spacial score (nSPS) is 16.3. The minimum atomic E-state index is -0.321. The van der Waals surface area contributed by atoms with Crippen LogP contribution in [0.3, 0.4) is 0 Å². The number of carbonyl (C=O) groups is 1. The van der Waals surface area contributed by atoms with E-state index in [1.54, 1.807) is 0 Å². The minimum Gasteiger partial charge on any atom is -0.503 e. The van der Waals surface area contributed by atoms with Gasteiger partial charge in [-0.15, -0.1) is 0 Å². The maximum Gasteiger partial charge on any atom is 0.192 e. The van der Waals surface area contributed by atoms with E-state index in [0.29, 0.717) is 22.4 Å². The number of fused-ring (bicyclic) bond motifs is 5. The van der Waals surface area contributed by atoms with Gasteiger partial charge in [0.25, 0.3) is 0 Å². The summed E-state index contributed by atoms with van der Waals surface area (Å²) in [5.74, 6) is 0.160. The Morgan fingerprint density at radius 1 is 1.00 bits per heavy atom. The molecule has 0 bridgehead atoms. The molecule has 162 valence electrons. The zero-order chi connectivity index (χ0) is 22.7. The molecule has 0 amide bonds. The van der Waals surface area contributed by atoms with Crippen LogP contribution in [0, 0.1) is 0 Å². The number of ketones is 1. The lowest BCUT2D eigenvalue weighted by atomic mass is 9.78. The van der Waals surface area contributed by atoms with Gasteiger partial charge in [0.1, 0.15) is 0 Å². The second-order valence-electron chi connectivity index (χ2n) is 8.25. The summed E-state index contributed by atoms with van der Waals surface area (Å²) in [6.07, 6.45) is 0. The zero-order valence-corrected chi connectivity index (χ0v) is 19.4. The predicted octanol–water partition coefficient (Wildman–Crippen LogP) is 6.87. The number of hydrogen-bond acceptors (Lipinski definition) is 4. The van der Waals surface area contributed by atoms with E-state index in [1.807, 2.05) is 55.5 Å². The molecule has 1 heterocycles. The quantitative estimate of drug-likeness (QED) is 0.324. The fourth-order valence-electron chi connectivity index (χ4n) is 5.07. The van der Waals surface area contributed by atoms with Crippen LogP contribution < -0.4 is 10.1 Å². The summed E-state index contributed by atoms with van der Waals surface area (Å²) in [5.41, 5.74) is 6.11. The molecule has 0 unspecified atom stereocenters. The first-order valence-electron chi connectivity index (χ1n) is 10.9. The van der Waals surface area contributed by atoms with Crippen molar-refractivity contribution in [2.75, 3.05) is 11.9 Å². The lowest BCUT2D eigenvalue weighted by Crippen LogP contribution is -2.19. The first-order valence-corrected chi connectivity index (χ1v) is 11.7. The van der Waals surface area contributed by atoms with Gasteiger partial charge in [0.15, 0.2) is 17.3 Å². The number of aromatic hydroxyl groups is 1. The Balaban J connectivity index is 1.68. The number of benzene rings is 4. The van der Waals surface area contributed by atoms with Crippen LogP contribution in [0.4, 0.5) is 5.69 Å². The molecule has 2 N–H and O–H groups in total. The third-order valence-electron chi connectivity index (χ3n) is 6.45. The Morgan fingerprint density at radius 2 is 1.76 bits per heavy atom. The summed E-state index contributed by atoms with van der Waals surface area (Å²) < 4.78 is 6.26. The molecule has 1 aliphatic carbocycles. The number of halogens is 1. The SMILES string of the molecule is CCOc1cc([C@@H]2C3=C(Nc4ccc5ccccc5c42)c2ccccc2C3=O)cc(Br)c1O. The molecule has 0 radical (unpaired) electrons. The van der Waals surface area contributed by atoms with Gasteiger partial charge in [-0.2, -0.15) is 0 Å². The van der Waals surface area contributed by atoms with Gasteiger partial charge in [-0.3, -0.25) is 4.79 Å². The summed E-state index contributed by atoms with van der Waals surface area (Å²) >= 11 is 3.49. The van der Waals surface area contributed by atoms with E-state index < -0.39 is 0 Å². The Hall–Kier alpha value is -3.57. The summed E-state index contributed by atoms with van der Waals surface area (Å²) in [4.78, 5) is 13.7. The van der Waals surface area contributed by atoms with Crippen molar-refractivity contribution in [3.05, 3.63) is 105 Å². The zero-order valence-electron chi connectivity index (χ0n) is 17.9. The van der Waals surface area contributed by atoms with Gasteiger partial charge in [0.05, 0.1) is 16.8 Å². The number of allylic oxidation sites excluding steroid dienone is 1. The number of hydrogen-bond donors (Lipinski definition) is 2. The standard InChI is InChI=1S/C28H20BrNO3/c1-2-33-22-14-16(13-20(29)28(22)32)23-24-17-8-4-3-7-15(17)11-12-21(24)30-26-18-9-5-6-10-19(18)27(31)25(23)26/h3-14,23,30,32H,2H2,1H3/t23-/m0/s1. The number of anilines is 1. The number of carbonyl (C=O) groups excluding carboxylic acids is 1. The van der Waals surface area contributed by atoms with E-state index in [-0.39, 0.29) is 17.5 Å². The van der Waals surface area contributed by atoms with Gasteiger partial charge in [0.2, 0.25) is 0 Å². The molecule has 2 aliphatic rings. The maximum atomic E-state index is 13.7. The van der Waals surface area contributed by atoms with Gasteiger partial charge in [-0.05, 0) is 63.0 Å². The predicted molar refractivity (Wildman–Crippen MR) is 134 cm³/mol. The Kier molecular flexibility index (Phi) is 4.56. The molecule has 1 atom stereocenters. The molecule has 0 saturated heterocycles. The topological polar surface area (TPSA) is 58.6 Å². The first kappa shape index (κ1) is 20.1. The van der Waals surface area contributed by atoms with E-state index in [1.165, 1.54) is 0 Å². The number of phenols is 1. The fourth-order valence-corrected chi connectivity index (χ4v) is 5.53. The molecule has 4 aromatic carbocycles. The molecule has 4 nitrogen and oxygen atoms in total. The highest BCUT2D eigenvalue weighted by Gasteiger charge is 2.41. The Labute approximate surface area is 199 Å². The van der Waals surface area contributed by atoms with Crippen molar-refractivity contribution >= 4 is 43.9 Å². The van der Waals surface area contributed by atoms with E-state index in [4.69, 9.17) is 4.74 Å². The molecule has 0 saturated carbocycles. The average molecular weight is 498 g/mol. The van der Waals surface area contributed by atoms with Crippen LogP contribution >= 0.6 is 15.9 Å². The number of rotatable bonds is 3.